The number of aromatic nitrogens is 2. The van der Waals surface area contributed by atoms with Gasteiger partial charge >= 0.3 is 0 Å². The summed E-state index contributed by atoms with van der Waals surface area (Å²) >= 11 is 13.9. The zero-order valence-corrected chi connectivity index (χ0v) is 14.6. The van der Waals surface area contributed by atoms with Gasteiger partial charge in [-0.1, -0.05) is 29.3 Å². The first-order valence-corrected chi connectivity index (χ1v) is 8.79. The van der Waals surface area contributed by atoms with Gasteiger partial charge in [0.05, 0.1) is 15.4 Å². The van der Waals surface area contributed by atoms with Gasteiger partial charge in [-0.25, -0.2) is 4.98 Å². The Morgan fingerprint density at radius 2 is 2.17 bits per heavy atom. The molecule has 3 aromatic rings. The van der Waals surface area contributed by atoms with E-state index in [9.17, 15) is 4.79 Å². The molecule has 1 aliphatic rings. The number of nitrogens with one attached hydrogen (secondary N) is 1. The Balaban J connectivity index is 1.95. The lowest BCUT2D eigenvalue weighted by Gasteiger charge is -2.21. The zero-order chi connectivity index (χ0) is 16.1. The highest BCUT2D eigenvalue weighted by Crippen LogP contribution is 2.35. The topological polar surface area (TPSA) is 49.0 Å². The highest BCUT2D eigenvalue weighted by Gasteiger charge is 2.22. The van der Waals surface area contributed by atoms with Crippen molar-refractivity contribution < 1.29 is 0 Å². The number of nitrogens with zero attached hydrogens (tertiary/aromatic N) is 2. The van der Waals surface area contributed by atoms with E-state index in [0.717, 1.165) is 35.3 Å². The van der Waals surface area contributed by atoms with Crippen LogP contribution in [0.25, 0.3) is 21.6 Å². The van der Waals surface area contributed by atoms with Crippen molar-refractivity contribution in [2.24, 2.45) is 0 Å². The summed E-state index contributed by atoms with van der Waals surface area (Å²) in [4.78, 5) is 24.3. The van der Waals surface area contributed by atoms with E-state index in [0.29, 0.717) is 21.4 Å². The van der Waals surface area contributed by atoms with Crippen molar-refractivity contribution in [2.75, 3.05) is 13.6 Å². The van der Waals surface area contributed by atoms with Crippen LogP contribution in [0.4, 0.5) is 0 Å². The predicted molar refractivity (Wildman–Crippen MR) is 95.7 cm³/mol. The maximum atomic E-state index is 12.6. The number of hydrogen-bond donors (Lipinski definition) is 1. The Morgan fingerprint density at radius 3 is 3.00 bits per heavy atom. The molecular formula is C16H13Cl2N3OS. The minimum atomic E-state index is -0.108. The lowest BCUT2D eigenvalue weighted by Crippen LogP contribution is -2.25. The highest BCUT2D eigenvalue weighted by molar-refractivity contribution is 7.18. The number of aromatic amines is 1. The van der Waals surface area contributed by atoms with Crippen LogP contribution in [-0.4, -0.2) is 28.5 Å². The molecule has 0 spiro atoms. The van der Waals surface area contributed by atoms with Gasteiger partial charge in [0.1, 0.15) is 10.7 Å². The van der Waals surface area contributed by atoms with Gasteiger partial charge in [0, 0.05) is 23.5 Å². The molecule has 0 saturated heterocycles. The summed E-state index contributed by atoms with van der Waals surface area (Å²) in [5, 5.41) is 1.57. The molecule has 0 bridgehead atoms. The fourth-order valence-electron chi connectivity index (χ4n) is 2.94. The van der Waals surface area contributed by atoms with Crippen molar-refractivity contribution in [1.82, 2.24) is 14.9 Å². The molecule has 1 aromatic carbocycles. The minimum Gasteiger partial charge on any atom is -0.306 e. The van der Waals surface area contributed by atoms with Gasteiger partial charge in [-0.15, -0.1) is 11.3 Å². The Hall–Kier alpha value is -1.40. The number of halogens is 2. The molecule has 7 heteroatoms. The van der Waals surface area contributed by atoms with Gasteiger partial charge < -0.3 is 9.88 Å². The zero-order valence-electron chi connectivity index (χ0n) is 12.3. The van der Waals surface area contributed by atoms with E-state index in [2.05, 4.69) is 21.9 Å². The second-order valence-corrected chi connectivity index (χ2v) is 7.56. The molecule has 0 amide bonds. The van der Waals surface area contributed by atoms with Crippen molar-refractivity contribution in [3.8, 4) is 11.4 Å². The fraction of sp³-hybridized carbons (Fsp3) is 0.250. The van der Waals surface area contributed by atoms with Gasteiger partial charge in [-0.2, -0.15) is 0 Å². The number of benzene rings is 1. The molecule has 0 fully saturated rings. The van der Waals surface area contributed by atoms with Gasteiger partial charge in [0.15, 0.2) is 0 Å². The van der Waals surface area contributed by atoms with E-state index >= 15 is 0 Å². The third-order valence-electron chi connectivity index (χ3n) is 4.11. The fourth-order valence-corrected chi connectivity index (χ4v) is 4.63. The summed E-state index contributed by atoms with van der Waals surface area (Å²) in [5.41, 5.74) is 1.67. The second kappa shape index (κ2) is 5.60. The molecule has 118 valence electrons. The summed E-state index contributed by atoms with van der Waals surface area (Å²) in [6.07, 6.45) is 0.883. The van der Waals surface area contributed by atoms with Crippen LogP contribution >= 0.6 is 34.5 Å². The quantitative estimate of drug-likeness (QED) is 0.710. The number of hydrogen-bond acceptors (Lipinski definition) is 4. The van der Waals surface area contributed by atoms with Crippen LogP contribution in [0.1, 0.15) is 10.4 Å². The molecule has 4 nitrogen and oxygen atoms in total. The predicted octanol–water partition coefficient (Wildman–Crippen LogP) is 3.95. The number of fused-ring (bicyclic) bond motifs is 3. The number of H-pyrrole nitrogens is 1. The molecule has 4 rings (SSSR count). The van der Waals surface area contributed by atoms with Crippen molar-refractivity contribution in [2.45, 2.75) is 13.0 Å². The van der Waals surface area contributed by atoms with Crippen LogP contribution in [0.5, 0.6) is 0 Å². The molecule has 0 radical (unpaired) electrons. The molecule has 1 aliphatic heterocycles. The van der Waals surface area contributed by atoms with E-state index in [-0.39, 0.29) is 5.56 Å². The van der Waals surface area contributed by atoms with Crippen molar-refractivity contribution in [1.29, 1.82) is 0 Å². The van der Waals surface area contributed by atoms with E-state index in [1.54, 1.807) is 29.5 Å². The molecule has 0 atom stereocenters. The molecule has 1 N–H and O–H groups in total. The molecule has 23 heavy (non-hydrogen) atoms. The standard InChI is InChI=1S/C16H13Cl2N3OS/c1-21-6-5-8-11(7-21)23-16-12(8)15(22)19-14(20-16)9-3-2-4-10(17)13(9)18/h2-4H,5-7H2,1H3,(H,19,20,22). The molecule has 3 heterocycles. The van der Waals surface area contributed by atoms with Crippen LogP contribution in [0.2, 0.25) is 10.0 Å². The van der Waals surface area contributed by atoms with Gasteiger partial charge in [-0.3, -0.25) is 4.79 Å². The Morgan fingerprint density at radius 1 is 1.35 bits per heavy atom. The van der Waals surface area contributed by atoms with Gasteiger partial charge in [0.2, 0.25) is 0 Å². The lowest BCUT2D eigenvalue weighted by atomic mass is 10.1. The normalized spacial score (nSPS) is 15.1. The van der Waals surface area contributed by atoms with Crippen molar-refractivity contribution >= 4 is 44.8 Å². The number of thiophene rings is 1. The second-order valence-electron chi connectivity index (χ2n) is 5.69. The van der Waals surface area contributed by atoms with Crippen LogP contribution in [-0.2, 0) is 13.0 Å². The molecule has 0 aliphatic carbocycles. The Labute approximate surface area is 146 Å². The summed E-state index contributed by atoms with van der Waals surface area (Å²) < 4.78 is 0. The first kappa shape index (κ1) is 15.1. The summed E-state index contributed by atoms with van der Waals surface area (Å²) in [6, 6.07) is 5.31. The SMILES string of the molecule is CN1CCc2c(sc3nc(-c4cccc(Cl)c4Cl)[nH]c(=O)c23)C1. The number of rotatable bonds is 1. The maximum absolute atomic E-state index is 12.6. The summed E-state index contributed by atoms with van der Waals surface area (Å²) in [6.45, 7) is 1.82. The van der Waals surface area contributed by atoms with E-state index in [1.165, 1.54) is 4.88 Å². The molecular weight excluding hydrogens is 353 g/mol. The Bertz CT molecular complexity index is 979. The third kappa shape index (κ3) is 2.48. The van der Waals surface area contributed by atoms with Crippen molar-refractivity contribution in [3.63, 3.8) is 0 Å². The average Bonchev–Trinajstić information content (AvgIpc) is 2.87. The van der Waals surface area contributed by atoms with Crippen molar-refractivity contribution in [3.05, 3.63) is 49.0 Å². The molecule has 2 aromatic heterocycles. The number of likely N-dealkylation sites (N-methyl/N-ethyl adjacent to an activating group) is 1. The smallest absolute Gasteiger partial charge is 0.260 e. The first-order chi connectivity index (χ1) is 11.0. The monoisotopic (exact) mass is 365 g/mol. The van der Waals surface area contributed by atoms with Crippen LogP contribution in [0, 0.1) is 0 Å². The van der Waals surface area contributed by atoms with Crippen LogP contribution < -0.4 is 5.56 Å². The largest absolute Gasteiger partial charge is 0.306 e. The van der Waals surface area contributed by atoms with E-state index < -0.39 is 0 Å². The summed E-state index contributed by atoms with van der Waals surface area (Å²) in [5.74, 6) is 0.460. The summed E-state index contributed by atoms with van der Waals surface area (Å²) in [7, 11) is 2.09. The third-order valence-corrected chi connectivity index (χ3v) is 6.04. The van der Waals surface area contributed by atoms with Crippen LogP contribution in [0.15, 0.2) is 23.0 Å². The maximum Gasteiger partial charge on any atom is 0.260 e. The first-order valence-electron chi connectivity index (χ1n) is 7.22. The highest BCUT2D eigenvalue weighted by atomic mass is 35.5. The average molecular weight is 366 g/mol. The molecule has 0 saturated carbocycles. The van der Waals surface area contributed by atoms with E-state index in [1.807, 2.05) is 0 Å². The van der Waals surface area contributed by atoms with E-state index in [4.69, 9.17) is 23.2 Å². The minimum absolute atomic E-state index is 0.108. The lowest BCUT2D eigenvalue weighted by molar-refractivity contribution is 0.318. The van der Waals surface area contributed by atoms with Gasteiger partial charge in [-0.05, 0) is 31.2 Å². The van der Waals surface area contributed by atoms with Gasteiger partial charge in [0.25, 0.3) is 5.56 Å². The van der Waals surface area contributed by atoms with Crippen LogP contribution in [0.3, 0.4) is 0 Å². The molecule has 0 unspecified atom stereocenters. The Kier molecular flexibility index (Phi) is 3.69.